The van der Waals surface area contributed by atoms with Gasteiger partial charge in [-0.3, -0.25) is 4.79 Å². The summed E-state index contributed by atoms with van der Waals surface area (Å²) in [5.74, 6) is 2.23. The van der Waals surface area contributed by atoms with Gasteiger partial charge in [0.1, 0.15) is 23.0 Å². The molecule has 2 aliphatic rings. The number of rotatable bonds is 7. The molecule has 0 aliphatic carbocycles. The van der Waals surface area contributed by atoms with E-state index in [0.29, 0.717) is 12.3 Å². The van der Waals surface area contributed by atoms with E-state index in [2.05, 4.69) is 25.1 Å². The van der Waals surface area contributed by atoms with Crippen LogP contribution >= 0.6 is 11.8 Å². The van der Waals surface area contributed by atoms with Crippen LogP contribution in [-0.4, -0.2) is 54.6 Å². The number of thioether (sulfide) groups is 1. The fourth-order valence-electron chi connectivity index (χ4n) is 3.87. The van der Waals surface area contributed by atoms with Crippen LogP contribution in [0, 0.1) is 5.82 Å². The Morgan fingerprint density at radius 1 is 0.971 bits per heavy atom. The highest BCUT2D eigenvalue weighted by Gasteiger charge is 2.19. The molecular weight excluding hydrogens is 457 g/mol. The minimum atomic E-state index is -0.227. The fourth-order valence-corrected chi connectivity index (χ4v) is 4.56. The zero-order chi connectivity index (χ0) is 23.3. The van der Waals surface area contributed by atoms with Crippen molar-refractivity contribution in [3.05, 3.63) is 66.2 Å². The van der Waals surface area contributed by atoms with Crippen LogP contribution in [-0.2, 0) is 11.3 Å². The van der Waals surface area contributed by atoms with Crippen LogP contribution < -0.4 is 24.6 Å². The number of nitrogens with zero attached hydrogens (tertiary/aromatic N) is 4. The molecule has 2 aromatic carbocycles. The number of halogens is 1. The highest BCUT2D eigenvalue weighted by molar-refractivity contribution is 7.99. The molecule has 5 rings (SSSR count). The number of aromatic nitrogens is 2. The summed E-state index contributed by atoms with van der Waals surface area (Å²) in [5.41, 5.74) is 1.97. The van der Waals surface area contributed by atoms with Crippen molar-refractivity contribution in [1.82, 2.24) is 15.3 Å². The van der Waals surface area contributed by atoms with E-state index in [0.717, 1.165) is 54.0 Å². The Morgan fingerprint density at radius 3 is 2.56 bits per heavy atom. The maximum Gasteiger partial charge on any atom is 0.231 e. The minimum Gasteiger partial charge on any atom is -0.454 e. The number of carbonyl (C=O) groups excluding carboxylic acids is 1. The standard InChI is InChI=1S/C24H24FN5O3S/c25-18-2-4-19(5-3-18)29-7-9-30(10-8-29)22-12-24(28-15-27-22)34-14-23(31)26-13-17-1-6-20-21(11-17)33-16-32-20/h1-6,11-12,15H,7-10,13-14,16H2,(H,26,31). The topological polar surface area (TPSA) is 79.8 Å². The summed E-state index contributed by atoms with van der Waals surface area (Å²) in [7, 11) is 0. The third kappa shape index (κ3) is 5.33. The molecule has 0 atom stereocenters. The molecule has 1 aromatic heterocycles. The number of ether oxygens (including phenoxy) is 2. The molecule has 3 aromatic rings. The van der Waals surface area contributed by atoms with Crippen LogP contribution in [0.1, 0.15) is 5.56 Å². The Bertz CT molecular complexity index is 1160. The third-order valence-corrected chi connectivity index (χ3v) is 6.63. The van der Waals surface area contributed by atoms with Gasteiger partial charge in [0.25, 0.3) is 0 Å². The number of anilines is 2. The molecule has 0 unspecified atom stereocenters. The van der Waals surface area contributed by atoms with Crippen LogP contribution in [0.25, 0.3) is 0 Å². The van der Waals surface area contributed by atoms with Crippen molar-refractivity contribution in [2.24, 2.45) is 0 Å². The van der Waals surface area contributed by atoms with Crippen molar-refractivity contribution in [1.29, 1.82) is 0 Å². The minimum absolute atomic E-state index is 0.0734. The first-order chi connectivity index (χ1) is 16.6. The van der Waals surface area contributed by atoms with Gasteiger partial charge in [0, 0.05) is 44.5 Å². The lowest BCUT2D eigenvalue weighted by molar-refractivity contribution is -0.118. The molecule has 0 spiro atoms. The normalized spacial score (nSPS) is 14.9. The smallest absolute Gasteiger partial charge is 0.231 e. The van der Waals surface area contributed by atoms with Gasteiger partial charge in [0.15, 0.2) is 11.5 Å². The molecule has 0 saturated carbocycles. The first kappa shape index (κ1) is 22.3. The lowest BCUT2D eigenvalue weighted by atomic mass is 10.2. The average molecular weight is 482 g/mol. The van der Waals surface area contributed by atoms with Gasteiger partial charge in [-0.1, -0.05) is 17.8 Å². The maximum atomic E-state index is 13.2. The molecule has 0 radical (unpaired) electrons. The third-order valence-electron chi connectivity index (χ3n) is 5.70. The van der Waals surface area contributed by atoms with Crippen LogP contribution in [0.2, 0.25) is 0 Å². The summed E-state index contributed by atoms with van der Waals surface area (Å²) in [6, 6.07) is 14.1. The molecule has 1 amide bonds. The van der Waals surface area contributed by atoms with Gasteiger partial charge >= 0.3 is 0 Å². The molecular formula is C24H24FN5O3S. The zero-order valence-corrected chi connectivity index (χ0v) is 19.3. The first-order valence-corrected chi connectivity index (χ1v) is 12.0. The number of piperazine rings is 1. The largest absolute Gasteiger partial charge is 0.454 e. The number of carbonyl (C=O) groups is 1. The molecule has 10 heteroatoms. The number of hydrogen-bond donors (Lipinski definition) is 1. The molecule has 8 nitrogen and oxygen atoms in total. The summed E-state index contributed by atoms with van der Waals surface area (Å²) in [5, 5.41) is 3.68. The van der Waals surface area contributed by atoms with Crippen LogP contribution in [0.3, 0.4) is 0 Å². The Balaban J connectivity index is 1.10. The number of benzene rings is 2. The number of amides is 1. The lowest BCUT2D eigenvalue weighted by Gasteiger charge is -2.36. The van der Waals surface area contributed by atoms with Crippen molar-refractivity contribution in [2.75, 3.05) is 48.5 Å². The fraction of sp³-hybridized carbons (Fsp3) is 0.292. The zero-order valence-electron chi connectivity index (χ0n) is 18.4. The van der Waals surface area contributed by atoms with Crippen molar-refractivity contribution >= 4 is 29.2 Å². The Labute approximate surface area is 201 Å². The van der Waals surface area contributed by atoms with Crippen molar-refractivity contribution in [2.45, 2.75) is 11.6 Å². The van der Waals surface area contributed by atoms with Gasteiger partial charge < -0.3 is 24.6 Å². The summed E-state index contributed by atoms with van der Waals surface area (Å²) in [4.78, 5) is 25.5. The molecule has 0 bridgehead atoms. The second-order valence-electron chi connectivity index (χ2n) is 7.92. The van der Waals surface area contributed by atoms with Crippen LogP contribution in [0.5, 0.6) is 11.5 Å². The van der Waals surface area contributed by atoms with Gasteiger partial charge in [0.05, 0.1) is 5.75 Å². The Morgan fingerprint density at radius 2 is 1.74 bits per heavy atom. The quantitative estimate of drug-likeness (QED) is 0.408. The number of fused-ring (bicyclic) bond motifs is 1. The van der Waals surface area contributed by atoms with E-state index in [4.69, 9.17) is 9.47 Å². The highest BCUT2D eigenvalue weighted by Crippen LogP contribution is 2.32. The molecule has 1 N–H and O–H groups in total. The highest BCUT2D eigenvalue weighted by atomic mass is 32.2. The molecule has 34 heavy (non-hydrogen) atoms. The summed E-state index contributed by atoms with van der Waals surface area (Å²) < 4.78 is 23.9. The van der Waals surface area contributed by atoms with E-state index >= 15 is 0 Å². The van der Waals surface area contributed by atoms with Crippen LogP contribution in [0.4, 0.5) is 15.9 Å². The predicted molar refractivity (Wildman–Crippen MR) is 128 cm³/mol. The Hall–Kier alpha value is -3.53. The second kappa shape index (κ2) is 10.2. The van der Waals surface area contributed by atoms with Crippen LogP contribution in [0.15, 0.2) is 59.9 Å². The van der Waals surface area contributed by atoms with Gasteiger partial charge in [-0.2, -0.15) is 0 Å². The van der Waals surface area contributed by atoms with E-state index < -0.39 is 0 Å². The summed E-state index contributed by atoms with van der Waals surface area (Å²) in [6.07, 6.45) is 1.54. The van der Waals surface area contributed by atoms with Gasteiger partial charge in [-0.25, -0.2) is 14.4 Å². The van der Waals surface area contributed by atoms with E-state index in [-0.39, 0.29) is 24.3 Å². The molecule has 1 saturated heterocycles. The van der Waals surface area contributed by atoms with Gasteiger partial charge in [-0.05, 0) is 42.0 Å². The lowest BCUT2D eigenvalue weighted by Crippen LogP contribution is -2.46. The van der Waals surface area contributed by atoms with Gasteiger partial charge in [-0.15, -0.1) is 0 Å². The number of nitrogens with one attached hydrogen (secondary N) is 1. The maximum absolute atomic E-state index is 13.2. The summed E-state index contributed by atoms with van der Waals surface area (Å²) >= 11 is 1.38. The molecule has 3 heterocycles. The number of hydrogen-bond acceptors (Lipinski definition) is 8. The monoisotopic (exact) mass is 481 g/mol. The van der Waals surface area contributed by atoms with E-state index in [1.807, 2.05) is 36.4 Å². The van der Waals surface area contributed by atoms with Crippen molar-refractivity contribution < 1.29 is 18.7 Å². The van der Waals surface area contributed by atoms with Crippen molar-refractivity contribution in [3.8, 4) is 11.5 Å². The predicted octanol–water partition coefficient (Wildman–Crippen LogP) is 3.08. The van der Waals surface area contributed by atoms with E-state index in [1.54, 1.807) is 0 Å². The van der Waals surface area contributed by atoms with Crippen molar-refractivity contribution in [3.63, 3.8) is 0 Å². The molecule has 176 valence electrons. The first-order valence-electron chi connectivity index (χ1n) is 11.0. The van der Waals surface area contributed by atoms with E-state index in [9.17, 15) is 9.18 Å². The molecule has 2 aliphatic heterocycles. The SMILES string of the molecule is O=C(CSc1cc(N2CCN(c3ccc(F)cc3)CC2)ncn1)NCc1ccc2c(c1)OCO2. The Kier molecular flexibility index (Phi) is 6.66. The second-order valence-corrected chi connectivity index (χ2v) is 8.91. The van der Waals surface area contributed by atoms with Gasteiger partial charge in [0.2, 0.25) is 12.7 Å². The average Bonchev–Trinajstić information content (AvgIpc) is 3.35. The van der Waals surface area contributed by atoms with E-state index in [1.165, 1.54) is 30.2 Å². The molecule has 1 fully saturated rings. The summed E-state index contributed by atoms with van der Waals surface area (Å²) in [6.45, 7) is 3.89.